The van der Waals surface area contributed by atoms with Crippen molar-refractivity contribution in [3.8, 4) is 5.75 Å². The number of ether oxygens (including phenoxy) is 1. The van der Waals surface area contributed by atoms with Crippen molar-refractivity contribution in [1.29, 1.82) is 0 Å². The van der Waals surface area contributed by atoms with Crippen LogP contribution in [-0.2, 0) is 6.61 Å². The smallest absolute Gasteiger partial charge is 0.134 e. The number of hydrogen-bond donors (Lipinski definition) is 1. The van der Waals surface area contributed by atoms with Crippen molar-refractivity contribution in [2.24, 2.45) is 0 Å². The molecule has 0 amide bonds. The highest BCUT2D eigenvalue weighted by molar-refractivity contribution is 9.10. The average molecular weight is 328 g/mol. The topological polar surface area (TPSA) is 34.1 Å². The fraction of sp³-hybridized carbons (Fsp3) is 0.154. The quantitative estimate of drug-likeness (QED) is 0.917. The maximum Gasteiger partial charge on any atom is 0.134 e. The fourth-order valence-corrected chi connectivity index (χ4v) is 2.25. The van der Waals surface area contributed by atoms with Crippen LogP contribution in [0.5, 0.6) is 5.75 Å². The molecule has 0 saturated heterocycles. The second kappa shape index (κ2) is 6.07. The SMILES string of the molecule is CNc1cc(COc2ccc(Cl)cc2Br)ccn1. The molecule has 0 aliphatic rings. The van der Waals surface area contributed by atoms with Crippen LogP contribution in [0.3, 0.4) is 0 Å². The third kappa shape index (κ3) is 3.37. The van der Waals surface area contributed by atoms with Crippen LogP contribution in [0.1, 0.15) is 5.56 Å². The maximum absolute atomic E-state index is 5.87. The largest absolute Gasteiger partial charge is 0.488 e. The van der Waals surface area contributed by atoms with Crippen molar-refractivity contribution in [3.63, 3.8) is 0 Å². The molecule has 0 spiro atoms. The van der Waals surface area contributed by atoms with Gasteiger partial charge in [0.05, 0.1) is 4.47 Å². The number of anilines is 1. The van der Waals surface area contributed by atoms with Crippen molar-refractivity contribution in [2.45, 2.75) is 6.61 Å². The summed E-state index contributed by atoms with van der Waals surface area (Å²) in [6.07, 6.45) is 1.75. The number of halogens is 2. The highest BCUT2D eigenvalue weighted by Crippen LogP contribution is 2.28. The molecule has 0 saturated carbocycles. The number of pyridine rings is 1. The summed E-state index contributed by atoms with van der Waals surface area (Å²) in [5.74, 6) is 1.59. The molecule has 0 aliphatic heterocycles. The molecular weight excluding hydrogens is 316 g/mol. The van der Waals surface area contributed by atoms with Gasteiger partial charge in [0.25, 0.3) is 0 Å². The lowest BCUT2D eigenvalue weighted by molar-refractivity contribution is 0.304. The molecule has 1 aromatic carbocycles. The highest BCUT2D eigenvalue weighted by Gasteiger charge is 2.03. The number of hydrogen-bond acceptors (Lipinski definition) is 3. The lowest BCUT2D eigenvalue weighted by atomic mass is 10.3. The predicted molar refractivity (Wildman–Crippen MR) is 77.3 cm³/mol. The Bertz CT molecular complexity index is 548. The van der Waals surface area contributed by atoms with Crippen LogP contribution in [0.15, 0.2) is 41.0 Å². The van der Waals surface area contributed by atoms with Gasteiger partial charge in [0, 0.05) is 18.3 Å². The van der Waals surface area contributed by atoms with Crippen LogP contribution in [0, 0.1) is 0 Å². The maximum atomic E-state index is 5.87. The molecule has 3 nitrogen and oxygen atoms in total. The minimum Gasteiger partial charge on any atom is -0.488 e. The van der Waals surface area contributed by atoms with Crippen molar-refractivity contribution < 1.29 is 4.74 Å². The van der Waals surface area contributed by atoms with E-state index in [1.807, 2.05) is 31.3 Å². The Morgan fingerprint density at radius 1 is 1.33 bits per heavy atom. The normalized spacial score (nSPS) is 10.2. The molecule has 1 N–H and O–H groups in total. The molecule has 18 heavy (non-hydrogen) atoms. The van der Waals surface area contributed by atoms with Crippen molar-refractivity contribution in [2.75, 3.05) is 12.4 Å². The zero-order valence-corrected chi connectivity index (χ0v) is 12.1. The molecule has 0 fully saturated rings. The predicted octanol–water partition coefficient (Wildman–Crippen LogP) is 4.12. The highest BCUT2D eigenvalue weighted by atomic mass is 79.9. The summed E-state index contributed by atoms with van der Waals surface area (Å²) in [5, 5.41) is 3.67. The first kappa shape index (κ1) is 13.2. The third-order valence-electron chi connectivity index (χ3n) is 2.37. The molecule has 2 rings (SSSR count). The summed E-state index contributed by atoms with van der Waals surface area (Å²) in [5.41, 5.74) is 1.05. The summed E-state index contributed by atoms with van der Waals surface area (Å²) in [4.78, 5) is 4.15. The average Bonchev–Trinajstić information content (AvgIpc) is 2.38. The summed E-state index contributed by atoms with van der Waals surface area (Å²) < 4.78 is 6.56. The molecule has 0 unspecified atom stereocenters. The van der Waals surface area contributed by atoms with Gasteiger partial charge in [0.2, 0.25) is 0 Å². The van der Waals surface area contributed by atoms with E-state index in [0.717, 1.165) is 21.6 Å². The van der Waals surface area contributed by atoms with Crippen LogP contribution in [-0.4, -0.2) is 12.0 Å². The lowest BCUT2D eigenvalue weighted by Crippen LogP contribution is -1.98. The molecule has 0 aliphatic carbocycles. The Hall–Kier alpha value is -1.26. The Labute approximate surface area is 119 Å². The van der Waals surface area contributed by atoms with Gasteiger partial charge in [-0.3, -0.25) is 0 Å². The zero-order chi connectivity index (χ0) is 13.0. The van der Waals surface area contributed by atoms with Gasteiger partial charge in [-0.2, -0.15) is 0 Å². The van der Waals surface area contributed by atoms with E-state index in [4.69, 9.17) is 16.3 Å². The lowest BCUT2D eigenvalue weighted by Gasteiger charge is -2.09. The molecular formula is C13H12BrClN2O. The van der Waals surface area contributed by atoms with Crippen molar-refractivity contribution in [3.05, 3.63) is 51.6 Å². The minimum atomic E-state index is 0.484. The Morgan fingerprint density at radius 2 is 2.17 bits per heavy atom. The second-order valence-corrected chi connectivity index (χ2v) is 4.95. The summed E-state index contributed by atoms with van der Waals surface area (Å²) in [6.45, 7) is 0.484. The molecule has 1 heterocycles. The third-order valence-corrected chi connectivity index (χ3v) is 3.22. The molecule has 0 atom stereocenters. The van der Waals surface area contributed by atoms with Gasteiger partial charge in [0.15, 0.2) is 0 Å². The Kier molecular flexibility index (Phi) is 4.44. The van der Waals surface area contributed by atoms with Crippen molar-refractivity contribution >= 4 is 33.3 Å². The van der Waals surface area contributed by atoms with Gasteiger partial charge >= 0.3 is 0 Å². The van der Waals surface area contributed by atoms with Crippen LogP contribution >= 0.6 is 27.5 Å². The van der Waals surface area contributed by atoms with Gasteiger partial charge in [-0.25, -0.2) is 4.98 Å². The van der Waals surface area contributed by atoms with E-state index < -0.39 is 0 Å². The van der Waals surface area contributed by atoms with Crippen LogP contribution < -0.4 is 10.1 Å². The van der Waals surface area contributed by atoms with Crippen LogP contribution in [0.25, 0.3) is 0 Å². The number of benzene rings is 1. The van der Waals surface area contributed by atoms with Crippen LogP contribution in [0.4, 0.5) is 5.82 Å². The van der Waals surface area contributed by atoms with Gasteiger partial charge in [0.1, 0.15) is 18.2 Å². The first-order valence-corrected chi connectivity index (χ1v) is 6.56. The molecule has 1 aromatic heterocycles. The first-order chi connectivity index (χ1) is 8.69. The zero-order valence-electron chi connectivity index (χ0n) is 9.78. The van der Waals surface area contributed by atoms with E-state index >= 15 is 0 Å². The Balaban J connectivity index is 2.06. The van der Waals surface area contributed by atoms with Crippen LogP contribution in [0.2, 0.25) is 5.02 Å². The van der Waals surface area contributed by atoms with E-state index in [-0.39, 0.29) is 0 Å². The van der Waals surface area contributed by atoms with Gasteiger partial charge < -0.3 is 10.1 Å². The number of nitrogens with zero attached hydrogens (tertiary/aromatic N) is 1. The minimum absolute atomic E-state index is 0.484. The van der Waals surface area contributed by atoms with E-state index in [0.29, 0.717) is 11.6 Å². The Morgan fingerprint density at radius 3 is 2.89 bits per heavy atom. The molecule has 94 valence electrons. The molecule has 0 radical (unpaired) electrons. The van der Waals surface area contributed by atoms with E-state index in [9.17, 15) is 0 Å². The van der Waals surface area contributed by atoms with Gasteiger partial charge in [-0.05, 0) is 51.8 Å². The van der Waals surface area contributed by atoms with E-state index in [2.05, 4.69) is 26.2 Å². The standard InChI is InChI=1S/C13H12BrClN2O/c1-16-13-6-9(4-5-17-13)8-18-12-3-2-10(15)7-11(12)14/h2-7H,8H2,1H3,(H,16,17). The molecule has 5 heteroatoms. The monoisotopic (exact) mass is 326 g/mol. The first-order valence-electron chi connectivity index (χ1n) is 5.39. The van der Waals surface area contributed by atoms with Gasteiger partial charge in [-0.15, -0.1) is 0 Å². The number of aromatic nitrogens is 1. The number of rotatable bonds is 4. The fourth-order valence-electron chi connectivity index (χ4n) is 1.45. The van der Waals surface area contributed by atoms with E-state index in [1.165, 1.54) is 0 Å². The van der Waals surface area contributed by atoms with Crippen molar-refractivity contribution in [1.82, 2.24) is 4.98 Å². The second-order valence-electron chi connectivity index (χ2n) is 3.66. The summed E-state index contributed by atoms with van der Waals surface area (Å²) in [6, 6.07) is 9.32. The summed E-state index contributed by atoms with van der Waals surface area (Å²) in [7, 11) is 1.84. The molecule has 2 aromatic rings. The number of nitrogens with one attached hydrogen (secondary N) is 1. The molecule has 0 bridgehead atoms. The summed E-state index contributed by atoms with van der Waals surface area (Å²) >= 11 is 9.29. The van der Waals surface area contributed by atoms with Gasteiger partial charge in [-0.1, -0.05) is 11.6 Å². The van der Waals surface area contributed by atoms with E-state index in [1.54, 1.807) is 12.3 Å².